The summed E-state index contributed by atoms with van der Waals surface area (Å²) in [4.78, 5) is 13.9. The van der Waals surface area contributed by atoms with Gasteiger partial charge in [0.05, 0.1) is 25.2 Å². The Bertz CT molecular complexity index is 1460. The average molecular weight is 514 g/mol. The van der Waals surface area contributed by atoms with Crippen LogP contribution in [0.4, 0.5) is 23.2 Å². The van der Waals surface area contributed by atoms with Crippen LogP contribution in [-0.2, 0) is 18.3 Å². The van der Waals surface area contributed by atoms with Crippen molar-refractivity contribution in [3.8, 4) is 28.1 Å². The number of aromatic nitrogens is 5. The summed E-state index contributed by atoms with van der Waals surface area (Å²) in [5.41, 5.74) is 2.69. The predicted octanol–water partition coefficient (Wildman–Crippen LogP) is 4.58. The SMILES string of the molecule is COc1cc(-c2cn([C@@H]3CCc4c(F)cccc4N(CC(F)(F)F)C3=O)nn2)ccc1-c1cnn(C)c1. The second-order valence-corrected chi connectivity index (χ2v) is 8.73. The monoisotopic (exact) mass is 514 g/mol. The number of halogens is 4. The van der Waals surface area contributed by atoms with Gasteiger partial charge in [0.1, 0.15) is 29.8 Å². The van der Waals surface area contributed by atoms with Crippen LogP contribution in [0.1, 0.15) is 18.0 Å². The van der Waals surface area contributed by atoms with Gasteiger partial charge in [-0.1, -0.05) is 17.3 Å². The zero-order valence-corrected chi connectivity index (χ0v) is 19.9. The topological polar surface area (TPSA) is 78.1 Å². The molecule has 0 unspecified atom stereocenters. The lowest BCUT2D eigenvalue weighted by molar-refractivity contribution is -0.134. The van der Waals surface area contributed by atoms with Crippen LogP contribution in [-0.4, -0.2) is 50.5 Å². The molecule has 12 heteroatoms. The third-order valence-corrected chi connectivity index (χ3v) is 6.28. The molecule has 0 radical (unpaired) electrons. The first-order chi connectivity index (χ1) is 17.6. The van der Waals surface area contributed by atoms with E-state index in [4.69, 9.17) is 4.74 Å². The predicted molar refractivity (Wildman–Crippen MR) is 126 cm³/mol. The normalized spacial score (nSPS) is 16.0. The maximum Gasteiger partial charge on any atom is 0.406 e. The van der Waals surface area contributed by atoms with E-state index < -0.39 is 30.5 Å². The van der Waals surface area contributed by atoms with Crippen LogP contribution in [0.5, 0.6) is 5.75 Å². The summed E-state index contributed by atoms with van der Waals surface area (Å²) in [5.74, 6) is -0.922. The van der Waals surface area contributed by atoms with Crippen molar-refractivity contribution < 1.29 is 27.1 Å². The molecule has 37 heavy (non-hydrogen) atoms. The van der Waals surface area contributed by atoms with Crippen LogP contribution < -0.4 is 9.64 Å². The molecule has 1 aliphatic heterocycles. The van der Waals surface area contributed by atoms with Crippen molar-refractivity contribution in [3.05, 3.63) is 66.4 Å². The highest BCUT2D eigenvalue weighted by molar-refractivity contribution is 5.97. The van der Waals surface area contributed by atoms with E-state index in [1.807, 2.05) is 12.3 Å². The van der Waals surface area contributed by atoms with Crippen LogP contribution in [0.3, 0.4) is 0 Å². The molecule has 1 amide bonds. The number of hydrogen-bond acceptors (Lipinski definition) is 5. The van der Waals surface area contributed by atoms with Crippen LogP contribution in [0.25, 0.3) is 22.4 Å². The van der Waals surface area contributed by atoms with Gasteiger partial charge in [0.2, 0.25) is 0 Å². The largest absolute Gasteiger partial charge is 0.496 e. The molecule has 1 aliphatic rings. The first-order valence-corrected chi connectivity index (χ1v) is 11.4. The van der Waals surface area contributed by atoms with Crippen LogP contribution >= 0.6 is 0 Å². The Labute approximate surface area is 209 Å². The van der Waals surface area contributed by atoms with E-state index in [9.17, 15) is 22.4 Å². The third kappa shape index (κ3) is 4.78. The Morgan fingerprint density at radius 1 is 1.14 bits per heavy atom. The van der Waals surface area contributed by atoms with Gasteiger partial charge >= 0.3 is 6.18 Å². The molecule has 8 nitrogen and oxygen atoms in total. The molecule has 0 fully saturated rings. The molecule has 0 spiro atoms. The van der Waals surface area contributed by atoms with Crippen molar-refractivity contribution >= 4 is 11.6 Å². The Morgan fingerprint density at radius 2 is 1.95 bits per heavy atom. The lowest BCUT2D eigenvalue weighted by Gasteiger charge is -2.26. The number of amides is 1. The number of anilines is 1. The van der Waals surface area contributed by atoms with Crippen LogP contribution in [0.15, 0.2) is 55.0 Å². The van der Waals surface area contributed by atoms with Gasteiger partial charge in [-0.25, -0.2) is 9.07 Å². The Kier molecular flexibility index (Phi) is 6.18. The molecule has 1 atom stereocenters. The second kappa shape index (κ2) is 9.34. The molecule has 0 N–H and O–H groups in total. The number of alkyl halides is 3. The fourth-order valence-electron chi connectivity index (χ4n) is 4.55. The van der Waals surface area contributed by atoms with E-state index in [1.165, 1.54) is 36.2 Å². The second-order valence-electron chi connectivity index (χ2n) is 8.73. The smallest absolute Gasteiger partial charge is 0.406 e. The van der Waals surface area contributed by atoms with Gasteiger partial charge in [-0.05, 0) is 37.1 Å². The number of nitrogens with zero attached hydrogens (tertiary/aromatic N) is 6. The number of aryl methyl sites for hydroxylation is 1. The summed E-state index contributed by atoms with van der Waals surface area (Å²) in [6.45, 7) is -1.53. The highest BCUT2D eigenvalue weighted by Crippen LogP contribution is 2.36. The first-order valence-electron chi connectivity index (χ1n) is 11.4. The molecule has 2 aromatic heterocycles. The summed E-state index contributed by atoms with van der Waals surface area (Å²) in [5, 5.41) is 12.4. The molecular formula is C25H22F4N6O2. The fourth-order valence-corrected chi connectivity index (χ4v) is 4.55. The minimum absolute atomic E-state index is 0.0627. The zero-order valence-electron chi connectivity index (χ0n) is 19.9. The highest BCUT2D eigenvalue weighted by Gasteiger charge is 2.40. The summed E-state index contributed by atoms with van der Waals surface area (Å²) in [6, 6.07) is 8.10. The molecule has 4 aromatic rings. The van der Waals surface area contributed by atoms with Crippen molar-refractivity contribution in [2.75, 3.05) is 18.6 Å². The zero-order chi connectivity index (χ0) is 26.3. The lowest BCUT2D eigenvalue weighted by Crippen LogP contribution is -2.42. The Hall–Kier alpha value is -4.22. The van der Waals surface area contributed by atoms with E-state index in [-0.39, 0.29) is 24.1 Å². The van der Waals surface area contributed by atoms with E-state index in [0.717, 1.165) is 11.1 Å². The number of ether oxygens (including phenoxy) is 1. The number of methoxy groups -OCH3 is 1. The van der Waals surface area contributed by atoms with Gasteiger partial charge in [-0.3, -0.25) is 9.48 Å². The summed E-state index contributed by atoms with van der Waals surface area (Å²) >= 11 is 0. The van der Waals surface area contributed by atoms with Gasteiger partial charge in [-0.2, -0.15) is 18.3 Å². The minimum Gasteiger partial charge on any atom is -0.496 e. The maximum atomic E-state index is 14.5. The van der Waals surface area contributed by atoms with Crippen molar-refractivity contribution in [2.45, 2.75) is 25.1 Å². The van der Waals surface area contributed by atoms with E-state index in [0.29, 0.717) is 21.9 Å². The van der Waals surface area contributed by atoms with Crippen molar-refractivity contribution in [2.24, 2.45) is 7.05 Å². The number of benzene rings is 2. The van der Waals surface area contributed by atoms with Crippen molar-refractivity contribution in [1.82, 2.24) is 24.8 Å². The molecule has 192 valence electrons. The van der Waals surface area contributed by atoms with Gasteiger partial charge in [0, 0.05) is 35.5 Å². The fraction of sp³-hybridized carbons (Fsp3) is 0.280. The summed E-state index contributed by atoms with van der Waals surface area (Å²) in [7, 11) is 3.34. The molecule has 0 saturated heterocycles. The van der Waals surface area contributed by atoms with Crippen LogP contribution in [0, 0.1) is 5.82 Å². The number of rotatable bonds is 5. The number of fused-ring (bicyclic) bond motifs is 1. The molecule has 3 heterocycles. The standard InChI is InChI=1S/C25H22F4N6O2/c1-33-12-16(11-30-33)17-7-6-15(10-23(17)37-2)20-13-35(32-31-20)22-9-8-18-19(26)4-3-5-21(18)34(24(22)36)14-25(27,28)29/h3-7,10-13,22H,8-9,14H2,1-2H3/t22-/m1/s1. The third-order valence-electron chi connectivity index (χ3n) is 6.28. The van der Waals surface area contributed by atoms with Gasteiger partial charge in [0.25, 0.3) is 5.91 Å². The lowest BCUT2D eigenvalue weighted by atomic mass is 10.0. The van der Waals surface area contributed by atoms with Crippen molar-refractivity contribution in [1.29, 1.82) is 0 Å². The number of hydrogen-bond donors (Lipinski definition) is 0. The molecular weight excluding hydrogens is 492 g/mol. The first kappa shape index (κ1) is 24.5. The number of carbonyl (C=O) groups is 1. The average Bonchev–Trinajstić information content (AvgIpc) is 3.49. The van der Waals surface area contributed by atoms with Gasteiger partial charge in [-0.15, -0.1) is 5.10 Å². The molecule has 5 rings (SSSR count). The molecule has 2 aromatic carbocycles. The summed E-state index contributed by atoms with van der Waals surface area (Å²) in [6.07, 6.45) is 0.508. The molecule has 0 bridgehead atoms. The van der Waals surface area contributed by atoms with Gasteiger partial charge < -0.3 is 9.64 Å². The van der Waals surface area contributed by atoms with E-state index >= 15 is 0 Å². The maximum absolute atomic E-state index is 14.5. The van der Waals surface area contributed by atoms with Gasteiger partial charge in [0.15, 0.2) is 0 Å². The van der Waals surface area contributed by atoms with E-state index in [2.05, 4.69) is 15.4 Å². The quantitative estimate of drug-likeness (QED) is 0.365. The van der Waals surface area contributed by atoms with Crippen molar-refractivity contribution in [3.63, 3.8) is 0 Å². The number of carbonyl (C=O) groups excluding carboxylic acids is 1. The minimum atomic E-state index is -4.67. The highest BCUT2D eigenvalue weighted by atomic mass is 19.4. The Balaban J connectivity index is 1.48. The Morgan fingerprint density at radius 3 is 2.65 bits per heavy atom. The molecule has 0 saturated carbocycles. The molecule has 0 aliphatic carbocycles. The van der Waals surface area contributed by atoms with E-state index in [1.54, 1.807) is 30.1 Å². The summed E-state index contributed by atoms with van der Waals surface area (Å²) < 4.78 is 63.1. The van der Waals surface area contributed by atoms with Crippen LogP contribution in [0.2, 0.25) is 0 Å².